The second-order valence-electron chi connectivity index (χ2n) is 4.43. The highest BCUT2D eigenvalue weighted by Crippen LogP contribution is 2.28. The minimum atomic E-state index is -0.0140. The van der Waals surface area contributed by atoms with E-state index >= 15 is 0 Å². The standard InChI is InChI=1S/C15H16BrClN2O/c1-20-15-6-5-13(17)8-11(15)9-14(19-18)10-3-2-4-12(16)7-10/h2-8,14,19H,9,18H2,1H3. The first-order valence-corrected chi connectivity index (χ1v) is 7.35. The third kappa shape index (κ3) is 3.73. The monoisotopic (exact) mass is 354 g/mol. The van der Waals surface area contributed by atoms with Crippen LogP contribution in [0.1, 0.15) is 17.2 Å². The van der Waals surface area contributed by atoms with E-state index in [0.717, 1.165) is 21.3 Å². The summed E-state index contributed by atoms with van der Waals surface area (Å²) in [6, 6.07) is 13.6. The molecule has 0 aliphatic rings. The number of halogens is 2. The molecule has 2 aromatic rings. The zero-order valence-corrected chi connectivity index (χ0v) is 13.4. The molecule has 1 atom stereocenters. The van der Waals surface area contributed by atoms with Crippen molar-refractivity contribution >= 4 is 27.5 Å². The van der Waals surface area contributed by atoms with E-state index in [1.54, 1.807) is 7.11 Å². The van der Waals surface area contributed by atoms with Gasteiger partial charge in [-0.3, -0.25) is 11.3 Å². The van der Waals surface area contributed by atoms with E-state index in [0.29, 0.717) is 11.4 Å². The Hall–Kier alpha value is -1.07. The largest absolute Gasteiger partial charge is 0.496 e. The molecule has 0 amide bonds. The summed E-state index contributed by atoms with van der Waals surface area (Å²) in [6.45, 7) is 0. The van der Waals surface area contributed by atoms with Gasteiger partial charge in [-0.25, -0.2) is 0 Å². The number of hydrazine groups is 1. The zero-order valence-electron chi connectivity index (χ0n) is 11.1. The van der Waals surface area contributed by atoms with Crippen molar-refractivity contribution in [3.05, 3.63) is 63.1 Å². The van der Waals surface area contributed by atoms with Gasteiger partial charge >= 0.3 is 0 Å². The lowest BCUT2D eigenvalue weighted by Crippen LogP contribution is -2.29. The molecule has 106 valence electrons. The third-order valence-electron chi connectivity index (χ3n) is 3.12. The second kappa shape index (κ2) is 7.09. The van der Waals surface area contributed by atoms with Crippen LogP contribution in [0.5, 0.6) is 5.75 Å². The summed E-state index contributed by atoms with van der Waals surface area (Å²) in [5.74, 6) is 6.50. The topological polar surface area (TPSA) is 47.3 Å². The summed E-state index contributed by atoms with van der Waals surface area (Å²) in [5.41, 5.74) is 4.96. The van der Waals surface area contributed by atoms with Crippen LogP contribution < -0.4 is 16.0 Å². The van der Waals surface area contributed by atoms with Crippen LogP contribution in [0.15, 0.2) is 46.9 Å². The van der Waals surface area contributed by atoms with Gasteiger partial charge in [-0.1, -0.05) is 39.7 Å². The molecule has 2 aromatic carbocycles. The van der Waals surface area contributed by atoms with Gasteiger partial charge in [-0.05, 0) is 47.9 Å². The predicted molar refractivity (Wildman–Crippen MR) is 85.9 cm³/mol. The Bertz CT molecular complexity index is 592. The lowest BCUT2D eigenvalue weighted by atomic mass is 9.99. The van der Waals surface area contributed by atoms with E-state index in [1.165, 1.54) is 0 Å². The molecule has 0 radical (unpaired) electrons. The maximum Gasteiger partial charge on any atom is 0.122 e. The Labute approximate surface area is 132 Å². The molecular weight excluding hydrogens is 340 g/mol. The minimum absolute atomic E-state index is 0.0140. The molecule has 1 unspecified atom stereocenters. The van der Waals surface area contributed by atoms with Crippen molar-refractivity contribution in [2.45, 2.75) is 12.5 Å². The molecule has 20 heavy (non-hydrogen) atoms. The van der Waals surface area contributed by atoms with E-state index in [9.17, 15) is 0 Å². The van der Waals surface area contributed by atoms with Gasteiger partial charge in [0.2, 0.25) is 0 Å². The molecule has 3 N–H and O–H groups in total. The molecule has 0 saturated carbocycles. The molecule has 2 rings (SSSR count). The Morgan fingerprint density at radius 2 is 2.10 bits per heavy atom. The number of rotatable bonds is 5. The van der Waals surface area contributed by atoms with Crippen LogP contribution in [-0.4, -0.2) is 7.11 Å². The summed E-state index contributed by atoms with van der Waals surface area (Å²) in [4.78, 5) is 0. The van der Waals surface area contributed by atoms with E-state index in [1.807, 2.05) is 42.5 Å². The van der Waals surface area contributed by atoms with Gasteiger partial charge in [-0.2, -0.15) is 0 Å². The number of nitrogens with one attached hydrogen (secondary N) is 1. The first kappa shape index (κ1) is 15.3. The van der Waals surface area contributed by atoms with Crippen LogP contribution in [0.4, 0.5) is 0 Å². The maximum absolute atomic E-state index is 6.06. The summed E-state index contributed by atoms with van der Waals surface area (Å²) >= 11 is 9.53. The lowest BCUT2D eigenvalue weighted by Gasteiger charge is -2.18. The van der Waals surface area contributed by atoms with Gasteiger partial charge in [-0.15, -0.1) is 0 Å². The molecule has 5 heteroatoms. The number of hydrogen-bond donors (Lipinski definition) is 2. The molecule has 0 bridgehead atoms. The smallest absolute Gasteiger partial charge is 0.122 e. The molecule has 0 fully saturated rings. The number of methoxy groups -OCH3 is 1. The molecule has 0 aliphatic heterocycles. The van der Waals surface area contributed by atoms with E-state index in [-0.39, 0.29) is 6.04 Å². The lowest BCUT2D eigenvalue weighted by molar-refractivity contribution is 0.405. The van der Waals surface area contributed by atoms with Crippen LogP contribution >= 0.6 is 27.5 Å². The Morgan fingerprint density at radius 1 is 1.30 bits per heavy atom. The summed E-state index contributed by atoms with van der Waals surface area (Å²) in [7, 11) is 1.65. The van der Waals surface area contributed by atoms with Crippen molar-refractivity contribution in [2.24, 2.45) is 5.84 Å². The van der Waals surface area contributed by atoms with E-state index in [2.05, 4.69) is 21.4 Å². The fourth-order valence-electron chi connectivity index (χ4n) is 2.12. The molecule has 0 heterocycles. The fraction of sp³-hybridized carbons (Fsp3) is 0.200. The van der Waals surface area contributed by atoms with Crippen LogP contribution in [0.25, 0.3) is 0 Å². The molecule has 3 nitrogen and oxygen atoms in total. The first-order valence-electron chi connectivity index (χ1n) is 6.18. The van der Waals surface area contributed by atoms with Gasteiger partial charge in [0.15, 0.2) is 0 Å². The quantitative estimate of drug-likeness (QED) is 0.632. The molecular formula is C15H16BrClN2O. The van der Waals surface area contributed by atoms with Gasteiger partial charge in [0.05, 0.1) is 13.2 Å². The highest BCUT2D eigenvalue weighted by Gasteiger charge is 2.14. The van der Waals surface area contributed by atoms with Crippen molar-refractivity contribution in [1.82, 2.24) is 5.43 Å². The second-order valence-corrected chi connectivity index (χ2v) is 5.79. The number of nitrogens with two attached hydrogens (primary N) is 1. The molecule has 0 saturated heterocycles. The van der Waals surface area contributed by atoms with Crippen LogP contribution in [-0.2, 0) is 6.42 Å². The van der Waals surface area contributed by atoms with Crippen LogP contribution in [0.2, 0.25) is 5.02 Å². The van der Waals surface area contributed by atoms with Gasteiger partial charge in [0, 0.05) is 9.50 Å². The van der Waals surface area contributed by atoms with Crippen molar-refractivity contribution in [3.63, 3.8) is 0 Å². The Kier molecular flexibility index (Phi) is 5.43. The first-order chi connectivity index (χ1) is 9.63. The van der Waals surface area contributed by atoms with Gasteiger partial charge in [0.25, 0.3) is 0 Å². The van der Waals surface area contributed by atoms with Crippen molar-refractivity contribution < 1.29 is 4.74 Å². The fourth-order valence-corrected chi connectivity index (χ4v) is 2.73. The Morgan fingerprint density at radius 3 is 2.75 bits per heavy atom. The SMILES string of the molecule is COc1ccc(Cl)cc1CC(NN)c1cccc(Br)c1. The predicted octanol–water partition coefficient (Wildman–Crippen LogP) is 3.86. The van der Waals surface area contributed by atoms with Gasteiger partial charge < -0.3 is 4.74 Å². The summed E-state index contributed by atoms with van der Waals surface area (Å²) in [6.07, 6.45) is 0.691. The average molecular weight is 356 g/mol. The van der Waals surface area contributed by atoms with Crippen molar-refractivity contribution in [2.75, 3.05) is 7.11 Å². The van der Waals surface area contributed by atoms with E-state index in [4.69, 9.17) is 22.2 Å². The van der Waals surface area contributed by atoms with Gasteiger partial charge in [0.1, 0.15) is 5.75 Å². The normalized spacial score (nSPS) is 12.2. The third-order valence-corrected chi connectivity index (χ3v) is 3.85. The molecule has 0 aromatic heterocycles. The highest BCUT2D eigenvalue weighted by molar-refractivity contribution is 9.10. The van der Waals surface area contributed by atoms with Crippen LogP contribution in [0, 0.1) is 0 Å². The Balaban J connectivity index is 2.28. The molecule has 0 spiro atoms. The number of ether oxygens (including phenoxy) is 1. The van der Waals surface area contributed by atoms with E-state index < -0.39 is 0 Å². The summed E-state index contributed by atoms with van der Waals surface area (Å²) < 4.78 is 6.39. The molecule has 0 aliphatic carbocycles. The van der Waals surface area contributed by atoms with Crippen molar-refractivity contribution in [1.29, 1.82) is 0 Å². The zero-order chi connectivity index (χ0) is 14.5. The van der Waals surface area contributed by atoms with Crippen LogP contribution in [0.3, 0.4) is 0 Å². The minimum Gasteiger partial charge on any atom is -0.496 e. The summed E-state index contributed by atoms with van der Waals surface area (Å²) in [5, 5.41) is 0.686. The number of hydrogen-bond acceptors (Lipinski definition) is 3. The highest BCUT2D eigenvalue weighted by atomic mass is 79.9. The number of benzene rings is 2. The average Bonchev–Trinajstić information content (AvgIpc) is 2.45. The maximum atomic E-state index is 6.06. The van der Waals surface area contributed by atoms with Crippen molar-refractivity contribution in [3.8, 4) is 5.75 Å².